The molecule has 1 atom stereocenters. The van der Waals surface area contributed by atoms with Crippen molar-refractivity contribution >= 4 is 17.5 Å². The molecule has 2 saturated heterocycles. The van der Waals surface area contributed by atoms with E-state index in [2.05, 4.69) is 10.6 Å². The van der Waals surface area contributed by atoms with Gasteiger partial charge in [0, 0.05) is 13.7 Å². The average molecular weight is 349 g/mol. The van der Waals surface area contributed by atoms with E-state index in [0.29, 0.717) is 32.4 Å². The van der Waals surface area contributed by atoms with Gasteiger partial charge in [0.2, 0.25) is 11.8 Å². The molecule has 0 aromatic heterocycles. The standard InChI is InChI=1S/C18H24FN3O3/c1-25-12-18(7-9-20-10-8-18)17(24)21-14-6-11-22(16(14)23)15-5-3-2-4-13(15)19/h2-5,14,20H,6-12H2,1H3,(H,21,24). The molecule has 1 aromatic rings. The molecular weight excluding hydrogens is 325 g/mol. The Bertz CT molecular complexity index is 641. The van der Waals surface area contributed by atoms with Crippen LogP contribution in [0, 0.1) is 11.2 Å². The number of nitrogens with one attached hydrogen (secondary N) is 2. The van der Waals surface area contributed by atoms with Crippen LogP contribution in [0.1, 0.15) is 19.3 Å². The molecule has 2 amide bonds. The van der Waals surface area contributed by atoms with Gasteiger partial charge in [0.25, 0.3) is 0 Å². The van der Waals surface area contributed by atoms with E-state index in [0.717, 1.165) is 13.1 Å². The number of piperidine rings is 1. The van der Waals surface area contributed by atoms with Crippen LogP contribution in [0.4, 0.5) is 10.1 Å². The fraction of sp³-hybridized carbons (Fsp3) is 0.556. The summed E-state index contributed by atoms with van der Waals surface area (Å²) < 4.78 is 19.2. The van der Waals surface area contributed by atoms with Crippen molar-refractivity contribution in [2.24, 2.45) is 5.41 Å². The van der Waals surface area contributed by atoms with Crippen molar-refractivity contribution in [3.05, 3.63) is 30.1 Å². The third-order valence-electron chi connectivity index (χ3n) is 5.12. The first-order valence-electron chi connectivity index (χ1n) is 8.64. The largest absolute Gasteiger partial charge is 0.384 e. The van der Waals surface area contributed by atoms with E-state index < -0.39 is 17.3 Å². The highest BCUT2D eigenvalue weighted by Crippen LogP contribution is 2.31. The lowest BCUT2D eigenvalue weighted by molar-refractivity contribution is -0.138. The summed E-state index contributed by atoms with van der Waals surface area (Å²) in [6.45, 7) is 2.22. The van der Waals surface area contributed by atoms with Crippen LogP contribution in [0.2, 0.25) is 0 Å². The Morgan fingerprint density at radius 2 is 2.12 bits per heavy atom. The second kappa shape index (κ2) is 7.49. The van der Waals surface area contributed by atoms with Crippen molar-refractivity contribution in [1.82, 2.24) is 10.6 Å². The summed E-state index contributed by atoms with van der Waals surface area (Å²) in [6.07, 6.45) is 1.81. The maximum atomic E-state index is 14.0. The quantitative estimate of drug-likeness (QED) is 0.834. The number of para-hydroxylation sites is 1. The van der Waals surface area contributed by atoms with Crippen LogP contribution >= 0.6 is 0 Å². The molecule has 0 radical (unpaired) electrons. The summed E-state index contributed by atoms with van der Waals surface area (Å²) in [5, 5.41) is 6.12. The van der Waals surface area contributed by atoms with Gasteiger partial charge >= 0.3 is 0 Å². The van der Waals surface area contributed by atoms with Crippen molar-refractivity contribution in [1.29, 1.82) is 0 Å². The third-order valence-corrected chi connectivity index (χ3v) is 5.12. The van der Waals surface area contributed by atoms with E-state index in [1.165, 1.54) is 11.0 Å². The van der Waals surface area contributed by atoms with Gasteiger partial charge in [0.15, 0.2) is 0 Å². The monoisotopic (exact) mass is 349 g/mol. The van der Waals surface area contributed by atoms with Crippen LogP contribution in [0.25, 0.3) is 0 Å². The molecule has 0 saturated carbocycles. The maximum absolute atomic E-state index is 14.0. The molecule has 2 aliphatic heterocycles. The van der Waals surface area contributed by atoms with Crippen LogP contribution in [-0.4, -0.2) is 51.2 Å². The Labute approximate surface area is 146 Å². The molecule has 6 nitrogen and oxygen atoms in total. The molecular formula is C18H24FN3O3. The lowest BCUT2D eigenvalue weighted by atomic mass is 9.78. The molecule has 2 fully saturated rings. The van der Waals surface area contributed by atoms with Crippen LogP contribution in [-0.2, 0) is 14.3 Å². The zero-order valence-corrected chi connectivity index (χ0v) is 14.4. The minimum Gasteiger partial charge on any atom is -0.384 e. The van der Waals surface area contributed by atoms with Crippen molar-refractivity contribution in [3.63, 3.8) is 0 Å². The van der Waals surface area contributed by atoms with E-state index in [-0.39, 0.29) is 17.5 Å². The van der Waals surface area contributed by atoms with E-state index >= 15 is 0 Å². The zero-order chi connectivity index (χ0) is 17.9. The highest BCUT2D eigenvalue weighted by atomic mass is 19.1. The number of hydrogen-bond donors (Lipinski definition) is 2. The SMILES string of the molecule is COCC1(C(=O)NC2CCN(c3ccccc3F)C2=O)CCNCC1. The Kier molecular flexibility index (Phi) is 5.34. The first-order chi connectivity index (χ1) is 12.1. The van der Waals surface area contributed by atoms with E-state index in [1.54, 1.807) is 25.3 Å². The van der Waals surface area contributed by atoms with Gasteiger partial charge in [-0.3, -0.25) is 9.59 Å². The Balaban J connectivity index is 1.70. The highest BCUT2D eigenvalue weighted by Gasteiger charge is 2.43. The van der Waals surface area contributed by atoms with Crippen LogP contribution in [0.3, 0.4) is 0 Å². The first-order valence-corrected chi connectivity index (χ1v) is 8.64. The molecule has 0 bridgehead atoms. The molecule has 7 heteroatoms. The number of rotatable bonds is 5. The average Bonchev–Trinajstić information content (AvgIpc) is 2.97. The predicted molar refractivity (Wildman–Crippen MR) is 91.7 cm³/mol. The number of anilines is 1. The van der Waals surface area contributed by atoms with Crippen molar-refractivity contribution in [3.8, 4) is 0 Å². The molecule has 1 aromatic carbocycles. The molecule has 0 spiro atoms. The number of benzene rings is 1. The third kappa shape index (κ3) is 3.52. The number of carbonyl (C=O) groups is 2. The molecule has 2 aliphatic rings. The minimum absolute atomic E-state index is 0.149. The fourth-order valence-corrected chi connectivity index (χ4v) is 3.65. The van der Waals surface area contributed by atoms with Crippen LogP contribution < -0.4 is 15.5 Å². The van der Waals surface area contributed by atoms with Crippen molar-refractivity contribution < 1.29 is 18.7 Å². The molecule has 0 aliphatic carbocycles. The molecule has 1 unspecified atom stereocenters. The number of nitrogens with zero attached hydrogens (tertiary/aromatic N) is 1. The van der Waals surface area contributed by atoms with Gasteiger partial charge in [-0.15, -0.1) is 0 Å². The summed E-state index contributed by atoms with van der Waals surface area (Å²) in [5.41, 5.74) is -0.344. The Morgan fingerprint density at radius 3 is 2.80 bits per heavy atom. The summed E-state index contributed by atoms with van der Waals surface area (Å²) in [7, 11) is 1.58. The van der Waals surface area contributed by atoms with Gasteiger partial charge in [-0.25, -0.2) is 4.39 Å². The topological polar surface area (TPSA) is 70.7 Å². The summed E-state index contributed by atoms with van der Waals surface area (Å²) in [4.78, 5) is 26.9. The Hall–Kier alpha value is -1.99. The number of carbonyl (C=O) groups excluding carboxylic acids is 2. The highest BCUT2D eigenvalue weighted by molar-refractivity contribution is 6.01. The predicted octanol–water partition coefficient (Wildman–Crippen LogP) is 1.06. The van der Waals surface area contributed by atoms with Crippen LogP contribution in [0.5, 0.6) is 0 Å². The summed E-state index contributed by atoms with van der Waals surface area (Å²) in [5.74, 6) is -0.846. The number of ether oxygens (including phenoxy) is 1. The fourth-order valence-electron chi connectivity index (χ4n) is 3.65. The van der Waals surface area contributed by atoms with E-state index in [1.807, 2.05) is 0 Å². The zero-order valence-electron chi connectivity index (χ0n) is 14.4. The van der Waals surface area contributed by atoms with E-state index in [4.69, 9.17) is 4.74 Å². The summed E-state index contributed by atoms with van der Waals surface area (Å²) in [6, 6.07) is 5.58. The van der Waals surface area contributed by atoms with Crippen molar-refractivity contribution in [2.45, 2.75) is 25.3 Å². The lowest BCUT2D eigenvalue weighted by Gasteiger charge is -2.36. The van der Waals surface area contributed by atoms with Gasteiger partial charge in [-0.2, -0.15) is 0 Å². The normalized spacial score (nSPS) is 22.9. The number of amides is 2. The second-order valence-electron chi connectivity index (χ2n) is 6.72. The lowest BCUT2D eigenvalue weighted by Crippen LogP contribution is -2.53. The Morgan fingerprint density at radius 1 is 1.40 bits per heavy atom. The molecule has 2 heterocycles. The van der Waals surface area contributed by atoms with E-state index in [9.17, 15) is 14.0 Å². The molecule has 25 heavy (non-hydrogen) atoms. The van der Waals surface area contributed by atoms with Gasteiger partial charge < -0.3 is 20.3 Å². The minimum atomic E-state index is -0.615. The molecule has 3 rings (SSSR count). The smallest absolute Gasteiger partial charge is 0.249 e. The number of methoxy groups -OCH3 is 1. The number of hydrogen-bond acceptors (Lipinski definition) is 4. The second-order valence-corrected chi connectivity index (χ2v) is 6.72. The van der Waals surface area contributed by atoms with Gasteiger partial charge in [0.1, 0.15) is 11.9 Å². The summed E-state index contributed by atoms with van der Waals surface area (Å²) >= 11 is 0. The van der Waals surface area contributed by atoms with Crippen LogP contribution in [0.15, 0.2) is 24.3 Å². The molecule has 136 valence electrons. The van der Waals surface area contributed by atoms with Gasteiger partial charge in [-0.1, -0.05) is 12.1 Å². The first kappa shape index (κ1) is 17.8. The van der Waals surface area contributed by atoms with Crippen molar-refractivity contribution in [2.75, 3.05) is 38.3 Å². The number of halogens is 1. The molecule has 2 N–H and O–H groups in total. The maximum Gasteiger partial charge on any atom is 0.249 e. The van der Waals surface area contributed by atoms with Gasteiger partial charge in [0.05, 0.1) is 17.7 Å². The van der Waals surface area contributed by atoms with Gasteiger partial charge in [-0.05, 0) is 44.5 Å².